The van der Waals surface area contributed by atoms with Gasteiger partial charge >= 0.3 is 17.9 Å². The number of unbranched alkanes of at least 4 members (excludes halogenated alkanes) is 1. The first kappa shape index (κ1) is 45.6. The van der Waals surface area contributed by atoms with E-state index in [2.05, 4.69) is 31.6 Å². The highest BCUT2D eigenvalue weighted by atomic mass is 16.4. The number of hydrogen-bond donors (Lipinski definition) is 11. The van der Waals surface area contributed by atoms with Gasteiger partial charge in [0.2, 0.25) is 29.5 Å². The summed E-state index contributed by atoms with van der Waals surface area (Å²) in [5.74, 6) is -9.83. The number of carbonyl (C=O) groups excluding carboxylic acids is 5. The quantitative estimate of drug-likeness (QED) is 0.0590. The Kier molecular flexibility index (Phi) is 18.2. The van der Waals surface area contributed by atoms with Crippen molar-refractivity contribution in [2.24, 2.45) is 23.3 Å². The summed E-state index contributed by atoms with van der Waals surface area (Å²) in [7, 11) is 0. The van der Waals surface area contributed by atoms with Crippen molar-refractivity contribution in [2.75, 3.05) is 6.54 Å². The Morgan fingerprint density at radius 2 is 1.22 bits per heavy atom. The van der Waals surface area contributed by atoms with Gasteiger partial charge in [-0.05, 0) is 49.3 Å². The molecule has 0 aliphatic heterocycles. The number of aromatic amines is 1. The Bertz CT molecular complexity index is 1680. The topological polar surface area (TPSA) is 325 Å². The number of aromatic nitrogens is 1. The fourth-order valence-corrected chi connectivity index (χ4v) is 5.66. The van der Waals surface area contributed by atoms with Crippen LogP contribution in [0.5, 0.6) is 0 Å². The molecular formula is C36H54N8O11. The third-order valence-electron chi connectivity index (χ3n) is 8.80. The van der Waals surface area contributed by atoms with E-state index < -0.39 is 115 Å². The molecule has 0 unspecified atom stereocenters. The van der Waals surface area contributed by atoms with Gasteiger partial charge in [-0.1, -0.05) is 52.3 Å². The van der Waals surface area contributed by atoms with E-state index in [0.29, 0.717) is 36.8 Å². The average Bonchev–Trinajstić information content (AvgIpc) is 3.52. The monoisotopic (exact) mass is 774 g/mol. The van der Waals surface area contributed by atoms with E-state index in [9.17, 15) is 53.7 Å². The molecule has 13 N–H and O–H groups in total. The average molecular weight is 775 g/mol. The Hall–Kier alpha value is -5.56. The van der Waals surface area contributed by atoms with Crippen LogP contribution in [0, 0.1) is 11.8 Å². The summed E-state index contributed by atoms with van der Waals surface area (Å²) in [5.41, 5.74) is 12.8. The number of H-pyrrole nitrogens is 1. The fraction of sp³-hybridized carbons (Fsp3) is 0.556. The molecule has 304 valence electrons. The highest BCUT2D eigenvalue weighted by Crippen LogP contribution is 2.19. The first-order valence-electron chi connectivity index (χ1n) is 18.0. The number of para-hydroxylation sites is 1. The van der Waals surface area contributed by atoms with Crippen molar-refractivity contribution in [3.8, 4) is 0 Å². The molecule has 0 bridgehead atoms. The van der Waals surface area contributed by atoms with Crippen LogP contribution in [0.1, 0.15) is 71.8 Å². The largest absolute Gasteiger partial charge is 0.481 e. The highest BCUT2D eigenvalue weighted by molar-refractivity contribution is 5.97. The Morgan fingerprint density at radius 3 is 1.78 bits per heavy atom. The number of carbonyl (C=O) groups is 8. The van der Waals surface area contributed by atoms with Crippen LogP contribution < -0.4 is 38.1 Å². The summed E-state index contributed by atoms with van der Waals surface area (Å²) >= 11 is 0. The zero-order valence-electron chi connectivity index (χ0n) is 31.4. The molecule has 0 aliphatic carbocycles. The van der Waals surface area contributed by atoms with Crippen LogP contribution in [0.25, 0.3) is 10.9 Å². The van der Waals surface area contributed by atoms with Crippen molar-refractivity contribution >= 4 is 58.3 Å². The molecule has 0 fully saturated rings. The van der Waals surface area contributed by atoms with Gasteiger partial charge in [-0.25, -0.2) is 4.79 Å². The zero-order chi connectivity index (χ0) is 41.4. The Labute approximate surface area is 318 Å². The van der Waals surface area contributed by atoms with E-state index in [-0.39, 0.29) is 6.42 Å². The summed E-state index contributed by atoms with van der Waals surface area (Å²) in [6, 6.07) is -1.28. The molecule has 1 aromatic carbocycles. The van der Waals surface area contributed by atoms with E-state index in [1.54, 1.807) is 58.2 Å². The van der Waals surface area contributed by atoms with Crippen LogP contribution in [0.15, 0.2) is 30.5 Å². The van der Waals surface area contributed by atoms with Crippen LogP contribution >= 0.6 is 0 Å². The van der Waals surface area contributed by atoms with Gasteiger partial charge < -0.3 is 58.4 Å². The number of fused-ring (bicyclic) bond motifs is 1. The van der Waals surface area contributed by atoms with Crippen molar-refractivity contribution in [1.82, 2.24) is 31.6 Å². The third kappa shape index (κ3) is 14.7. The molecule has 0 saturated carbocycles. The van der Waals surface area contributed by atoms with Crippen molar-refractivity contribution < 1.29 is 53.7 Å². The second-order valence-electron chi connectivity index (χ2n) is 14.0. The minimum Gasteiger partial charge on any atom is -0.481 e. The molecule has 0 radical (unpaired) electrons. The van der Waals surface area contributed by atoms with Crippen LogP contribution in [-0.4, -0.2) is 111 Å². The van der Waals surface area contributed by atoms with E-state index in [0.717, 1.165) is 5.52 Å². The molecule has 6 atom stereocenters. The fourth-order valence-electron chi connectivity index (χ4n) is 5.66. The first-order chi connectivity index (χ1) is 25.9. The second kappa shape index (κ2) is 22.0. The smallest absolute Gasteiger partial charge is 0.326 e. The van der Waals surface area contributed by atoms with Crippen LogP contribution in [-0.2, 0) is 44.8 Å². The molecule has 2 aromatic rings. The Morgan fingerprint density at radius 1 is 0.673 bits per heavy atom. The van der Waals surface area contributed by atoms with Crippen LogP contribution in [0.2, 0.25) is 0 Å². The molecule has 0 spiro atoms. The number of carboxylic acid groups (broad SMARTS) is 3. The van der Waals surface area contributed by atoms with Gasteiger partial charge in [0.1, 0.15) is 30.2 Å². The van der Waals surface area contributed by atoms with Crippen LogP contribution in [0.3, 0.4) is 0 Å². The summed E-state index contributed by atoms with van der Waals surface area (Å²) in [6.07, 6.45) is 0.868. The number of nitrogens with one attached hydrogen (secondary N) is 6. The number of benzene rings is 1. The highest BCUT2D eigenvalue weighted by Gasteiger charge is 2.35. The molecule has 19 heteroatoms. The van der Waals surface area contributed by atoms with Gasteiger partial charge in [0, 0.05) is 29.9 Å². The van der Waals surface area contributed by atoms with E-state index in [1.165, 1.54) is 0 Å². The second-order valence-corrected chi connectivity index (χ2v) is 14.0. The lowest BCUT2D eigenvalue weighted by Crippen LogP contribution is -2.61. The van der Waals surface area contributed by atoms with Gasteiger partial charge in [0.25, 0.3) is 0 Å². The molecule has 0 saturated heterocycles. The maximum absolute atomic E-state index is 13.6. The molecule has 0 aliphatic rings. The lowest BCUT2D eigenvalue weighted by Gasteiger charge is -2.29. The standard InChI is InChI=1S/C36H54N8O11/c1-18(2)29(44-35(53)30(19(3)4)43-31(49)22(38)10-7-8-14-37)34(52)40-24(12-13-27(45)46)32(50)41-25(16-28(47)48)33(51)42-26(36(54)55)15-20-17-39-23-11-6-5-9-21(20)23/h5-6,9,11,17-19,22,24-26,29-30,39H,7-8,10,12-16,37-38H2,1-4H3,(H,40,52)(H,41,50)(H,42,51)(H,43,49)(H,44,53)(H,45,46)(H,47,48)(H,54,55)/t22-,24-,25-,26-,29-,30-/m0/s1. The lowest BCUT2D eigenvalue weighted by molar-refractivity contribution is -0.143. The minimum absolute atomic E-state index is 0.193. The number of rotatable bonds is 24. The maximum Gasteiger partial charge on any atom is 0.326 e. The molecule has 5 amide bonds. The van der Waals surface area contributed by atoms with E-state index >= 15 is 0 Å². The van der Waals surface area contributed by atoms with Crippen LogP contribution in [0.4, 0.5) is 0 Å². The number of carboxylic acids is 3. The number of amides is 5. The lowest BCUT2D eigenvalue weighted by atomic mass is 9.98. The van der Waals surface area contributed by atoms with Crippen molar-refractivity contribution in [2.45, 2.75) is 109 Å². The van der Waals surface area contributed by atoms with E-state index in [4.69, 9.17) is 11.5 Å². The molecule has 2 rings (SSSR count). The zero-order valence-corrected chi connectivity index (χ0v) is 31.4. The summed E-state index contributed by atoms with van der Waals surface area (Å²) < 4.78 is 0. The first-order valence-corrected chi connectivity index (χ1v) is 18.0. The summed E-state index contributed by atoms with van der Waals surface area (Å²) in [5, 5.41) is 41.5. The molecule has 19 nitrogen and oxygen atoms in total. The molecule has 55 heavy (non-hydrogen) atoms. The van der Waals surface area contributed by atoms with Gasteiger partial charge in [0.05, 0.1) is 12.5 Å². The van der Waals surface area contributed by atoms with Crippen molar-refractivity contribution in [1.29, 1.82) is 0 Å². The Balaban J connectivity index is 2.25. The third-order valence-corrected chi connectivity index (χ3v) is 8.80. The van der Waals surface area contributed by atoms with Gasteiger partial charge in [-0.15, -0.1) is 0 Å². The molecule has 1 aromatic heterocycles. The number of hydrogen-bond acceptors (Lipinski definition) is 10. The predicted octanol–water partition coefficient (Wildman–Crippen LogP) is -0.673. The number of aliphatic carboxylic acids is 3. The minimum atomic E-state index is -1.84. The summed E-state index contributed by atoms with van der Waals surface area (Å²) in [6.45, 7) is 6.96. The number of nitrogens with two attached hydrogens (primary N) is 2. The van der Waals surface area contributed by atoms with E-state index in [1.807, 2.05) is 0 Å². The normalized spacial score (nSPS) is 14.5. The van der Waals surface area contributed by atoms with Crippen molar-refractivity contribution in [3.05, 3.63) is 36.0 Å². The summed E-state index contributed by atoms with van der Waals surface area (Å²) in [4.78, 5) is 105. The molecular weight excluding hydrogens is 720 g/mol. The predicted molar refractivity (Wildman–Crippen MR) is 199 cm³/mol. The maximum atomic E-state index is 13.6. The SMILES string of the molecule is CC(C)[C@H](NC(=O)[C@@H](NC(=O)[C@@H](N)CCCCN)C(C)C)C(=O)N[C@@H](CCC(=O)O)C(=O)N[C@@H](CC(=O)O)C(=O)N[C@@H](Cc1c[nH]c2ccccc12)C(=O)O. The molecule has 1 heterocycles. The van der Waals surface area contributed by atoms with Gasteiger partial charge in [-0.3, -0.25) is 33.6 Å². The van der Waals surface area contributed by atoms with Gasteiger partial charge in [0.15, 0.2) is 0 Å². The van der Waals surface area contributed by atoms with Gasteiger partial charge in [-0.2, -0.15) is 0 Å². The van der Waals surface area contributed by atoms with Crippen molar-refractivity contribution in [3.63, 3.8) is 0 Å².